The first-order valence-electron chi connectivity index (χ1n) is 18.7. The molecule has 0 aromatic heterocycles. The van der Waals surface area contributed by atoms with Gasteiger partial charge in [-0.1, -0.05) is 90.1 Å². The van der Waals surface area contributed by atoms with Crippen LogP contribution in [0.4, 0.5) is 0 Å². The quantitative estimate of drug-likeness (QED) is 0.0844. The molecule has 0 saturated carbocycles. The van der Waals surface area contributed by atoms with E-state index in [0.29, 0.717) is 12.1 Å². The SMILES string of the molecule is CCC(OC)C(C)C1OC1C(NCc1ccc(C(C)(C)C)cc1)C(C)(O)C=CC=C(C)C1OC(=O)CC(O)CCC(C)(O)C(OC(C)=O)C=CC1C. The first kappa shape index (κ1) is 43.5. The van der Waals surface area contributed by atoms with Gasteiger partial charge in [0, 0.05) is 32.4 Å². The second-order valence-electron chi connectivity index (χ2n) is 16.3. The Labute approximate surface area is 311 Å². The number of carbonyl (C=O) groups excluding carboxylic acids is 2. The zero-order valence-electron chi connectivity index (χ0n) is 33.2. The van der Waals surface area contributed by atoms with E-state index in [9.17, 15) is 24.9 Å². The molecule has 11 atom stereocenters. The molecule has 10 heteroatoms. The monoisotopic (exact) mass is 727 g/mol. The average Bonchev–Trinajstić information content (AvgIpc) is 3.84. The van der Waals surface area contributed by atoms with Crippen molar-refractivity contribution in [1.29, 1.82) is 0 Å². The minimum atomic E-state index is -1.45. The number of benzene rings is 1. The van der Waals surface area contributed by atoms with E-state index in [-0.39, 0.29) is 54.8 Å². The molecular formula is C42H65NO9. The molecule has 0 aliphatic carbocycles. The van der Waals surface area contributed by atoms with Gasteiger partial charge in [0.1, 0.15) is 23.9 Å². The van der Waals surface area contributed by atoms with Gasteiger partial charge in [-0.2, -0.15) is 0 Å². The molecule has 10 nitrogen and oxygen atoms in total. The minimum absolute atomic E-state index is 0.0351. The summed E-state index contributed by atoms with van der Waals surface area (Å²) in [4.78, 5) is 24.8. The number of hydrogen-bond acceptors (Lipinski definition) is 10. The third-order valence-corrected chi connectivity index (χ3v) is 10.5. The number of methoxy groups -OCH3 is 1. The van der Waals surface area contributed by atoms with Gasteiger partial charge in [-0.3, -0.25) is 9.59 Å². The van der Waals surface area contributed by atoms with Crippen molar-refractivity contribution in [2.45, 2.75) is 161 Å². The van der Waals surface area contributed by atoms with Crippen LogP contribution in [-0.4, -0.2) is 88.2 Å². The molecule has 0 spiro atoms. The van der Waals surface area contributed by atoms with Crippen molar-refractivity contribution in [3.05, 3.63) is 71.3 Å². The molecule has 1 aromatic rings. The molecular weight excluding hydrogens is 662 g/mol. The Morgan fingerprint density at radius 1 is 1.13 bits per heavy atom. The van der Waals surface area contributed by atoms with Crippen LogP contribution in [0.1, 0.15) is 106 Å². The largest absolute Gasteiger partial charge is 0.457 e. The highest BCUT2D eigenvalue weighted by Crippen LogP contribution is 2.39. The fourth-order valence-corrected chi connectivity index (χ4v) is 7.02. The Morgan fingerprint density at radius 2 is 1.79 bits per heavy atom. The smallest absolute Gasteiger partial charge is 0.309 e. The van der Waals surface area contributed by atoms with Crippen molar-refractivity contribution in [2.75, 3.05) is 7.11 Å². The number of aliphatic hydroxyl groups is 3. The number of rotatable bonds is 13. The highest BCUT2D eigenvalue weighted by Gasteiger charge is 2.54. The standard InChI is InChI=1S/C42H65NO9/c1-12-33(49-11)28(4)37-38(52-37)39(43-25-30-16-18-31(19-17-30)40(6,7)8)42(10,48)22-13-14-26(2)36-27(3)15-20-34(50-29(5)44)41(9,47)23-21-32(45)24-35(46)51-36/h13-20,22,27-28,32-34,36-39,43,45,47-48H,12,21,23-25H2,1-11H3. The van der Waals surface area contributed by atoms with Crippen molar-refractivity contribution in [2.24, 2.45) is 11.8 Å². The number of aliphatic hydroxyl groups excluding tert-OH is 1. The first-order valence-corrected chi connectivity index (χ1v) is 18.7. The molecule has 0 radical (unpaired) electrons. The molecule has 1 fully saturated rings. The van der Waals surface area contributed by atoms with E-state index in [4.69, 9.17) is 18.9 Å². The van der Waals surface area contributed by atoms with Crippen LogP contribution < -0.4 is 5.32 Å². The zero-order valence-corrected chi connectivity index (χ0v) is 33.2. The maximum absolute atomic E-state index is 12.9. The lowest BCUT2D eigenvalue weighted by atomic mass is 9.86. The summed E-state index contributed by atoms with van der Waals surface area (Å²) < 4.78 is 23.3. The lowest BCUT2D eigenvalue weighted by molar-refractivity contribution is -0.157. The van der Waals surface area contributed by atoms with Gasteiger partial charge in [0.25, 0.3) is 0 Å². The van der Waals surface area contributed by atoms with E-state index in [1.807, 2.05) is 13.8 Å². The molecule has 0 bridgehead atoms. The van der Waals surface area contributed by atoms with Gasteiger partial charge in [-0.25, -0.2) is 0 Å². The maximum atomic E-state index is 12.9. The van der Waals surface area contributed by atoms with Gasteiger partial charge in [-0.15, -0.1) is 0 Å². The van der Waals surface area contributed by atoms with Crippen LogP contribution in [0, 0.1) is 11.8 Å². The van der Waals surface area contributed by atoms with Gasteiger partial charge in [-0.05, 0) is 68.2 Å². The Bertz CT molecular complexity index is 1400. The topological polar surface area (TPSA) is 147 Å². The number of esters is 2. The minimum Gasteiger partial charge on any atom is -0.457 e. The lowest BCUT2D eigenvalue weighted by Crippen LogP contribution is -2.52. The van der Waals surface area contributed by atoms with Gasteiger partial charge in [0.05, 0.1) is 36.4 Å². The van der Waals surface area contributed by atoms with E-state index < -0.39 is 47.5 Å². The number of cyclic esters (lactones) is 1. The van der Waals surface area contributed by atoms with Gasteiger partial charge < -0.3 is 39.6 Å². The van der Waals surface area contributed by atoms with Gasteiger partial charge in [0.15, 0.2) is 0 Å². The van der Waals surface area contributed by atoms with Crippen LogP contribution in [0.2, 0.25) is 0 Å². The zero-order chi connectivity index (χ0) is 39.0. The van der Waals surface area contributed by atoms with Gasteiger partial charge >= 0.3 is 11.9 Å². The maximum Gasteiger partial charge on any atom is 0.309 e. The van der Waals surface area contributed by atoms with E-state index in [1.165, 1.54) is 12.5 Å². The summed E-state index contributed by atoms with van der Waals surface area (Å²) in [5, 5.41) is 37.2. The van der Waals surface area contributed by atoms with Crippen molar-refractivity contribution < 1.29 is 43.9 Å². The molecule has 4 N–H and O–H groups in total. The molecule has 292 valence electrons. The second-order valence-corrected chi connectivity index (χ2v) is 16.3. The third kappa shape index (κ3) is 12.4. The van der Waals surface area contributed by atoms with E-state index in [2.05, 4.69) is 64.2 Å². The predicted molar refractivity (Wildman–Crippen MR) is 202 cm³/mol. The number of allylic oxidation sites excluding steroid dienone is 2. The Balaban J connectivity index is 1.88. The Kier molecular flexibility index (Phi) is 15.5. The van der Waals surface area contributed by atoms with Crippen LogP contribution in [0.3, 0.4) is 0 Å². The summed E-state index contributed by atoms with van der Waals surface area (Å²) >= 11 is 0. The summed E-state index contributed by atoms with van der Waals surface area (Å²) in [5.74, 6) is -1.36. The summed E-state index contributed by atoms with van der Waals surface area (Å²) in [6, 6.07) is 8.07. The highest BCUT2D eigenvalue weighted by atomic mass is 16.6. The van der Waals surface area contributed by atoms with E-state index >= 15 is 0 Å². The number of epoxide rings is 1. The normalized spacial score (nSPS) is 30.7. The number of carbonyl (C=O) groups is 2. The van der Waals surface area contributed by atoms with E-state index in [1.54, 1.807) is 51.3 Å². The first-order chi connectivity index (χ1) is 24.2. The van der Waals surface area contributed by atoms with Crippen LogP contribution in [0.15, 0.2) is 60.2 Å². The fourth-order valence-electron chi connectivity index (χ4n) is 7.02. The Hall–Kier alpha value is -2.86. The predicted octanol–water partition coefficient (Wildman–Crippen LogP) is 5.86. The van der Waals surface area contributed by atoms with Crippen LogP contribution in [0.5, 0.6) is 0 Å². The van der Waals surface area contributed by atoms with Crippen molar-refractivity contribution in [3.63, 3.8) is 0 Å². The summed E-state index contributed by atoms with van der Waals surface area (Å²) in [6.07, 6.45) is 6.48. The molecule has 1 saturated heterocycles. The third-order valence-electron chi connectivity index (χ3n) is 10.5. The van der Waals surface area contributed by atoms with Crippen molar-refractivity contribution >= 4 is 11.9 Å². The lowest BCUT2D eigenvalue weighted by Gasteiger charge is -2.32. The molecule has 2 aliphatic rings. The molecule has 3 rings (SSSR count). The molecule has 0 amide bonds. The number of hydrogen-bond donors (Lipinski definition) is 4. The molecule has 2 aliphatic heterocycles. The molecule has 1 aromatic carbocycles. The fraction of sp³-hybridized carbons (Fsp3) is 0.667. The van der Waals surface area contributed by atoms with Crippen LogP contribution in [-0.2, 0) is 40.5 Å². The van der Waals surface area contributed by atoms with Crippen molar-refractivity contribution in [3.8, 4) is 0 Å². The Morgan fingerprint density at radius 3 is 2.37 bits per heavy atom. The van der Waals surface area contributed by atoms with Crippen LogP contribution in [0.25, 0.3) is 0 Å². The van der Waals surface area contributed by atoms with Gasteiger partial charge in [0.2, 0.25) is 0 Å². The molecule has 11 unspecified atom stereocenters. The number of ether oxygens (including phenoxy) is 4. The average molecular weight is 728 g/mol. The summed E-state index contributed by atoms with van der Waals surface area (Å²) in [5.41, 5.74) is 0.297. The second kappa shape index (κ2) is 18.5. The van der Waals surface area contributed by atoms with Crippen LogP contribution >= 0.6 is 0 Å². The summed E-state index contributed by atoms with van der Waals surface area (Å²) in [7, 11) is 1.72. The highest BCUT2D eigenvalue weighted by molar-refractivity contribution is 5.70. The summed E-state index contributed by atoms with van der Waals surface area (Å²) in [6.45, 7) is 19.6. The van der Waals surface area contributed by atoms with E-state index in [0.717, 1.165) is 12.0 Å². The molecule has 2 heterocycles. The number of nitrogens with one attached hydrogen (secondary N) is 1. The van der Waals surface area contributed by atoms with Crippen molar-refractivity contribution in [1.82, 2.24) is 5.32 Å². The molecule has 52 heavy (non-hydrogen) atoms.